The van der Waals surface area contributed by atoms with Crippen molar-refractivity contribution in [2.45, 2.75) is 12.5 Å². The summed E-state index contributed by atoms with van der Waals surface area (Å²) in [6.45, 7) is 3.71. The summed E-state index contributed by atoms with van der Waals surface area (Å²) in [5, 5.41) is 16.9. The Balaban J connectivity index is 1.25. The van der Waals surface area contributed by atoms with E-state index in [1.807, 2.05) is 0 Å². The van der Waals surface area contributed by atoms with Crippen LogP contribution in [0.25, 0.3) is 0 Å². The Morgan fingerprint density at radius 3 is 3.00 bits per heavy atom. The number of likely N-dealkylation sites (tertiary alicyclic amines) is 1. The second-order valence-corrected chi connectivity index (χ2v) is 8.25. The SMILES string of the molecule is O=C(NCC1CCN(CCNc2nccc(=O)[nH]2)CC1O)c1cc(Cl)cc2c1OCCO2. The van der Waals surface area contributed by atoms with Gasteiger partial charge in [0.25, 0.3) is 11.5 Å². The van der Waals surface area contributed by atoms with E-state index in [1.165, 1.54) is 12.3 Å². The fourth-order valence-corrected chi connectivity index (χ4v) is 4.10. The number of aliphatic hydroxyl groups is 1. The maximum absolute atomic E-state index is 12.7. The van der Waals surface area contributed by atoms with Crippen LogP contribution in [-0.4, -0.2) is 77.9 Å². The van der Waals surface area contributed by atoms with E-state index in [1.54, 1.807) is 12.1 Å². The van der Waals surface area contributed by atoms with Gasteiger partial charge in [-0.05, 0) is 19.0 Å². The Hall–Kier alpha value is -2.82. The summed E-state index contributed by atoms with van der Waals surface area (Å²) in [4.78, 5) is 32.8. The first-order chi connectivity index (χ1) is 15.5. The summed E-state index contributed by atoms with van der Waals surface area (Å²) in [7, 11) is 0. The number of carbonyl (C=O) groups excluding carboxylic acids is 1. The number of anilines is 1. The number of halogens is 1. The highest BCUT2D eigenvalue weighted by Gasteiger charge is 2.29. The number of aromatic nitrogens is 2. The van der Waals surface area contributed by atoms with E-state index in [2.05, 4.69) is 25.5 Å². The van der Waals surface area contributed by atoms with Crippen LogP contribution in [0.3, 0.4) is 0 Å². The number of hydrogen-bond acceptors (Lipinski definition) is 8. The van der Waals surface area contributed by atoms with Crippen LogP contribution in [0.2, 0.25) is 5.02 Å². The third-order valence-corrected chi connectivity index (χ3v) is 5.79. The maximum Gasteiger partial charge on any atom is 0.255 e. The quantitative estimate of drug-likeness (QED) is 0.473. The molecule has 1 aromatic heterocycles. The third-order valence-electron chi connectivity index (χ3n) is 5.57. The lowest BCUT2D eigenvalue weighted by atomic mass is 9.93. The smallest absolute Gasteiger partial charge is 0.255 e. The Kier molecular flexibility index (Phi) is 7.13. The lowest BCUT2D eigenvalue weighted by molar-refractivity contribution is 0.0237. The number of nitrogens with one attached hydrogen (secondary N) is 3. The van der Waals surface area contributed by atoms with E-state index in [0.29, 0.717) is 67.4 Å². The van der Waals surface area contributed by atoms with Crippen molar-refractivity contribution >= 4 is 23.5 Å². The van der Waals surface area contributed by atoms with Gasteiger partial charge in [0.1, 0.15) is 13.2 Å². The van der Waals surface area contributed by atoms with Crippen molar-refractivity contribution in [3.05, 3.63) is 45.3 Å². The van der Waals surface area contributed by atoms with Crippen LogP contribution in [0.4, 0.5) is 5.95 Å². The van der Waals surface area contributed by atoms with Gasteiger partial charge in [-0.2, -0.15) is 0 Å². The number of ether oxygens (including phenoxy) is 2. The molecule has 1 amide bonds. The first-order valence-corrected chi connectivity index (χ1v) is 10.9. The molecule has 1 fully saturated rings. The summed E-state index contributed by atoms with van der Waals surface area (Å²) in [6, 6.07) is 4.55. The summed E-state index contributed by atoms with van der Waals surface area (Å²) in [6.07, 6.45) is 1.63. The Bertz CT molecular complexity index is 1020. The zero-order valence-electron chi connectivity index (χ0n) is 17.5. The number of carbonyl (C=O) groups is 1. The number of fused-ring (bicyclic) bond motifs is 1. The molecule has 2 unspecified atom stereocenters. The predicted molar refractivity (Wildman–Crippen MR) is 119 cm³/mol. The largest absolute Gasteiger partial charge is 0.486 e. The summed E-state index contributed by atoms with van der Waals surface area (Å²) >= 11 is 6.11. The molecule has 4 N–H and O–H groups in total. The van der Waals surface area contributed by atoms with Gasteiger partial charge in [-0.15, -0.1) is 0 Å². The average Bonchev–Trinajstić information content (AvgIpc) is 2.78. The zero-order valence-corrected chi connectivity index (χ0v) is 18.2. The first kappa shape index (κ1) is 22.4. The Morgan fingerprint density at radius 1 is 1.34 bits per heavy atom. The molecular formula is C21H26ClN5O5. The maximum atomic E-state index is 12.7. The number of aliphatic hydroxyl groups excluding tert-OH is 1. The highest BCUT2D eigenvalue weighted by Crippen LogP contribution is 2.36. The molecule has 0 bridgehead atoms. The molecule has 11 heteroatoms. The molecule has 1 aromatic carbocycles. The number of piperidine rings is 1. The van der Waals surface area contributed by atoms with E-state index >= 15 is 0 Å². The lowest BCUT2D eigenvalue weighted by Gasteiger charge is -2.36. The van der Waals surface area contributed by atoms with Gasteiger partial charge in [0.2, 0.25) is 5.95 Å². The molecule has 2 aliphatic heterocycles. The van der Waals surface area contributed by atoms with Crippen LogP contribution in [0.15, 0.2) is 29.2 Å². The monoisotopic (exact) mass is 463 g/mol. The van der Waals surface area contributed by atoms with E-state index < -0.39 is 6.10 Å². The molecule has 0 saturated carbocycles. The van der Waals surface area contributed by atoms with Gasteiger partial charge in [0, 0.05) is 55.4 Å². The molecule has 0 aliphatic carbocycles. The minimum Gasteiger partial charge on any atom is -0.486 e. The third kappa shape index (κ3) is 5.50. The standard InChI is InChI=1S/C21H26ClN5O5/c22-14-9-15(19-17(10-14)31-7-8-32-19)20(30)25-11-13-2-5-27(12-16(13)28)6-4-24-21-23-3-1-18(29)26-21/h1,3,9-10,13,16,28H,2,4-8,11-12H2,(H,25,30)(H2,23,24,26,29). The second kappa shape index (κ2) is 10.2. The first-order valence-electron chi connectivity index (χ1n) is 10.6. The van der Waals surface area contributed by atoms with E-state index in [4.69, 9.17) is 21.1 Å². The van der Waals surface area contributed by atoms with Crippen molar-refractivity contribution in [2.24, 2.45) is 5.92 Å². The van der Waals surface area contributed by atoms with Crippen molar-refractivity contribution in [1.29, 1.82) is 0 Å². The molecule has 2 aliphatic rings. The van der Waals surface area contributed by atoms with E-state index in [-0.39, 0.29) is 17.4 Å². The molecule has 0 spiro atoms. The van der Waals surface area contributed by atoms with Crippen LogP contribution in [-0.2, 0) is 0 Å². The number of hydrogen-bond donors (Lipinski definition) is 4. The van der Waals surface area contributed by atoms with Crippen LogP contribution >= 0.6 is 11.6 Å². The van der Waals surface area contributed by atoms with Gasteiger partial charge in [-0.1, -0.05) is 11.6 Å². The topological polar surface area (TPSA) is 129 Å². The van der Waals surface area contributed by atoms with Crippen molar-refractivity contribution in [2.75, 3.05) is 51.3 Å². The minimum absolute atomic E-state index is 0.0533. The van der Waals surface area contributed by atoms with Crippen LogP contribution in [0.5, 0.6) is 11.5 Å². The van der Waals surface area contributed by atoms with Gasteiger partial charge in [-0.3, -0.25) is 19.5 Å². The fourth-order valence-electron chi connectivity index (χ4n) is 3.89. The van der Waals surface area contributed by atoms with Crippen LogP contribution in [0, 0.1) is 5.92 Å². The summed E-state index contributed by atoms with van der Waals surface area (Å²) < 4.78 is 11.1. The number of β-amino-alcohol motifs (C(OH)–C–C–N with tert-alkyl or cyclic N) is 1. The molecule has 2 atom stereocenters. The van der Waals surface area contributed by atoms with Gasteiger partial charge in [0.05, 0.1) is 11.7 Å². The number of rotatable bonds is 7. The fraction of sp³-hybridized carbons (Fsp3) is 0.476. The van der Waals surface area contributed by atoms with E-state index in [9.17, 15) is 14.7 Å². The number of benzene rings is 1. The van der Waals surface area contributed by atoms with E-state index in [0.717, 1.165) is 13.0 Å². The second-order valence-electron chi connectivity index (χ2n) is 7.81. The number of aromatic amines is 1. The molecular weight excluding hydrogens is 438 g/mol. The lowest BCUT2D eigenvalue weighted by Crippen LogP contribution is -2.48. The van der Waals surface area contributed by atoms with Crippen molar-refractivity contribution < 1.29 is 19.4 Å². The highest BCUT2D eigenvalue weighted by molar-refractivity contribution is 6.31. The molecule has 4 rings (SSSR count). The zero-order chi connectivity index (χ0) is 22.5. The van der Waals surface area contributed by atoms with Gasteiger partial charge in [-0.25, -0.2) is 4.98 Å². The number of amides is 1. The van der Waals surface area contributed by atoms with Crippen molar-refractivity contribution in [3.8, 4) is 11.5 Å². The number of nitrogens with zero attached hydrogens (tertiary/aromatic N) is 2. The highest BCUT2D eigenvalue weighted by atomic mass is 35.5. The molecule has 10 nitrogen and oxygen atoms in total. The molecule has 1 saturated heterocycles. The van der Waals surface area contributed by atoms with Gasteiger partial charge >= 0.3 is 0 Å². The molecule has 32 heavy (non-hydrogen) atoms. The van der Waals surface area contributed by atoms with Crippen LogP contribution in [0.1, 0.15) is 16.8 Å². The Labute approximate surface area is 189 Å². The van der Waals surface area contributed by atoms with Crippen molar-refractivity contribution in [3.63, 3.8) is 0 Å². The normalized spacial score (nSPS) is 20.6. The molecule has 2 aromatic rings. The van der Waals surface area contributed by atoms with Gasteiger partial charge in [0.15, 0.2) is 11.5 Å². The molecule has 0 radical (unpaired) electrons. The van der Waals surface area contributed by atoms with Crippen molar-refractivity contribution in [1.82, 2.24) is 20.2 Å². The molecule has 172 valence electrons. The number of H-pyrrole nitrogens is 1. The van der Waals surface area contributed by atoms with Gasteiger partial charge < -0.3 is 25.2 Å². The minimum atomic E-state index is -0.563. The summed E-state index contributed by atoms with van der Waals surface area (Å²) in [5.41, 5.74) is 0.121. The Morgan fingerprint density at radius 2 is 2.19 bits per heavy atom. The van der Waals surface area contributed by atoms with Crippen LogP contribution < -0.4 is 25.7 Å². The summed E-state index contributed by atoms with van der Waals surface area (Å²) in [5.74, 6) is 0.925. The average molecular weight is 464 g/mol. The molecule has 3 heterocycles. The predicted octanol–water partition coefficient (Wildman–Crippen LogP) is 0.719.